The minimum Gasteiger partial charge on any atom is -0.341 e. The van der Waals surface area contributed by atoms with Crippen LogP contribution in [-0.2, 0) is 12.8 Å². The zero-order chi connectivity index (χ0) is 16.9. The number of nitrogens with zero attached hydrogens (tertiary/aromatic N) is 2. The molecule has 0 saturated heterocycles. The molecule has 1 aliphatic rings. The summed E-state index contributed by atoms with van der Waals surface area (Å²) in [6.45, 7) is 0.209. The third-order valence-electron chi connectivity index (χ3n) is 3.97. The fourth-order valence-electron chi connectivity index (χ4n) is 2.98. The monoisotopic (exact) mass is 283 g/mol. The van der Waals surface area contributed by atoms with E-state index in [4.69, 9.17) is 4.11 Å². The molecule has 2 aromatic rings. The summed E-state index contributed by atoms with van der Waals surface area (Å²) in [6.07, 6.45) is 2.67. The summed E-state index contributed by atoms with van der Waals surface area (Å²) in [5.74, 6) is 0. The molecule has 0 saturated carbocycles. The van der Waals surface area contributed by atoms with Crippen molar-refractivity contribution < 1.29 is 4.11 Å². The Morgan fingerprint density at radius 3 is 2.14 bits per heavy atom. The van der Waals surface area contributed by atoms with E-state index in [1.165, 1.54) is 22.5 Å². The molecule has 0 N–H and O–H groups in total. The van der Waals surface area contributed by atoms with Crippen LogP contribution in [-0.4, -0.2) is 32.0 Å². The Labute approximate surface area is 132 Å². The van der Waals surface area contributed by atoms with Gasteiger partial charge in [0.25, 0.3) is 0 Å². The normalized spacial score (nSPS) is 17.2. The van der Waals surface area contributed by atoms with Gasteiger partial charge in [0.05, 0.1) is 0 Å². The van der Waals surface area contributed by atoms with E-state index in [9.17, 15) is 0 Å². The first-order chi connectivity index (χ1) is 11.7. The molecule has 110 valence electrons. The summed E-state index contributed by atoms with van der Waals surface area (Å²) < 4.78 is 23.1. The van der Waals surface area contributed by atoms with Crippen molar-refractivity contribution in [1.82, 2.24) is 4.90 Å². The van der Waals surface area contributed by atoms with Crippen molar-refractivity contribution in [2.24, 2.45) is 0 Å². The molecule has 0 spiro atoms. The largest absolute Gasteiger partial charge is 0.341 e. The van der Waals surface area contributed by atoms with Crippen molar-refractivity contribution in [3.8, 4) is 0 Å². The summed E-state index contributed by atoms with van der Waals surface area (Å²) in [6, 6.07) is 17.0. The zero-order valence-corrected chi connectivity index (χ0v) is 12.3. The predicted molar refractivity (Wildman–Crippen MR) is 90.5 cm³/mol. The van der Waals surface area contributed by atoms with E-state index >= 15 is 0 Å². The zero-order valence-electron chi connectivity index (χ0n) is 15.3. The van der Waals surface area contributed by atoms with Crippen LogP contribution in [0.5, 0.6) is 0 Å². The van der Waals surface area contributed by atoms with Crippen LogP contribution in [0, 0.1) is 0 Å². The van der Waals surface area contributed by atoms with Gasteiger partial charge < -0.3 is 9.80 Å². The third-order valence-corrected chi connectivity index (χ3v) is 3.97. The molecule has 1 unspecified atom stereocenters. The van der Waals surface area contributed by atoms with Gasteiger partial charge in [-0.15, -0.1) is 0 Å². The fraction of sp³-hybridized carbons (Fsp3) is 0.368. The highest BCUT2D eigenvalue weighted by Crippen LogP contribution is 2.35. The molecule has 2 heteroatoms. The Morgan fingerprint density at radius 2 is 1.57 bits per heavy atom. The van der Waals surface area contributed by atoms with Crippen molar-refractivity contribution in [2.75, 3.05) is 32.0 Å². The van der Waals surface area contributed by atoms with Crippen molar-refractivity contribution in [2.45, 2.75) is 19.3 Å². The van der Waals surface area contributed by atoms with Gasteiger partial charge in [-0.1, -0.05) is 36.4 Å². The summed E-state index contributed by atoms with van der Waals surface area (Å²) in [5.41, 5.74) is 5.12. The molecule has 3 rings (SSSR count). The molecule has 21 heavy (non-hydrogen) atoms. The van der Waals surface area contributed by atoms with Crippen molar-refractivity contribution in [3.05, 3.63) is 59.7 Å². The maximum absolute atomic E-state index is 8.23. The lowest BCUT2D eigenvalue weighted by Crippen LogP contribution is -2.23. The molecular formula is C19H24N2. The molecular weight excluding hydrogens is 256 g/mol. The summed E-state index contributed by atoms with van der Waals surface area (Å²) in [5, 5.41) is 0. The number of hydrogen-bond acceptors (Lipinski definition) is 2. The molecule has 1 heterocycles. The molecule has 0 amide bonds. The highest BCUT2D eigenvalue weighted by Gasteiger charge is 2.19. The number of benzene rings is 2. The molecule has 2 nitrogen and oxygen atoms in total. The van der Waals surface area contributed by atoms with E-state index in [0.717, 1.165) is 19.4 Å². The van der Waals surface area contributed by atoms with E-state index in [2.05, 4.69) is 53.4 Å². The van der Waals surface area contributed by atoms with Crippen LogP contribution in [0.4, 0.5) is 11.4 Å². The first kappa shape index (κ1) is 10.9. The number of aryl methyl sites for hydroxylation is 2. The topological polar surface area (TPSA) is 6.48 Å². The van der Waals surface area contributed by atoms with Gasteiger partial charge in [-0.25, -0.2) is 0 Å². The second-order valence-corrected chi connectivity index (χ2v) is 5.47. The second-order valence-electron chi connectivity index (χ2n) is 5.47. The van der Waals surface area contributed by atoms with Gasteiger partial charge in [-0.3, -0.25) is 0 Å². The Balaban J connectivity index is 1.88. The minimum absolute atomic E-state index is 0.00480. The van der Waals surface area contributed by atoms with Gasteiger partial charge in [-0.2, -0.15) is 0 Å². The summed E-state index contributed by atoms with van der Waals surface area (Å²) >= 11 is 0. The average Bonchev–Trinajstić information content (AvgIpc) is 2.78. The van der Waals surface area contributed by atoms with Gasteiger partial charge in [-0.05, 0) is 63.1 Å². The van der Waals surface area contributed by atoms with Crippen molar-refractivity contribution in [3.63, 3.8) is 0 Å². The lowest BCUT2D eigenvalue weighted by atomic mass is 10.0. The molecule has 1 aliphatic heterocycles. The highest BCUT2D eigenvalue weighted by molar-refractivity contribution is 5.71. The average molecular weight is 283 g/mol. The molecule has 0 aromatic heterocycles. The number of fused-ring (bicyclic) bond motifs is 2. The van der Waals surface area contributed by atoms with Crippen LogP contribution in [0.3, 0.4) is 0 Å². The smallest absolute Gasteiger partial charge is 0.0443 e. The fourth-order valence-corrected chi connectivity index (χ4v) is 2.98. The molecule has 0 radical (unpaired) electrons. The number of para-hydroxylation sites is 2. The van der Waals surface area contributed by atoms with Gasteiger partial charge in [0.2, 0.25) is 0 Å². The second kappa shape index (κ2) is 6.31. The van der Waals surface area contributed by atoms with E-state index in [1.54, 1.807) is 4.90 Å². The first-order valence-electron chi connectivity index (χ1n) is 9.42. The SMILES string of the molecule is [2H]CN(C[2H])C([2H])CCN1c2ccccc2CCc2ccccc21. The maximum atomic E-state index is 8.23. The van der Waals surface area contributed by atoms with Gasteiger partial charge in [0.15, 0.2) is 0 Å². The molecule has 1 atom stereocenters. The third kappa shape index (κ3) is 3.11. The standard InChI is InChI=1S/C19H24N2/c1-20(2)14-7-15-21-18-10-5-3-8-16(18)12-13-17-9-4-6-11-19(17)21/h3-6,8-11H,7,12-15H2,1-2H3/i1D,2D,14D. The van der Waals surface area contributed by atoms with Crippen molar-refractivity contribution in [1.29, 1.82) is 0 Å². The Kier molecular flexibility index (Phi) is 3.27. The van der Waals surface area contributed by atoms with E-state index in [1.807, 2.05) is 0 Å². The highest BCUT2D eigenvalue weighted by atomic mass is 15.1. The van der Waals surface area contributed by atoms with E-state index < -0.39 is 6.52 Å². The number of hydrogen-bond donors (Lipinski definition) is 0. The van der Waals surface area contributed by atoms with E-state index in [0.29, 0.717) is 6.42 Å². The predicted octanol–water partition coefficient (Wildman–Crippen LogP) is 3.88. The van der Waals surface area contributed by atoms with Crippen LogP contribution in [0.15, 0.2) is 48.5 Å². The molecule has 0 aliphatic carbocycles. The molecule has 0 fully saturated rings. The van der Waals surface area contributed by atoms with E-state index in [-0.39, 0.29) is 14.0 Å². The Morgan fingerprint density at radius 1 is 1.00 bits per heavy atom. The van der Waals surface area contributed by atoms with Crippen LogP contribution in [0.2, 0.25) is 0 Å². The van der Waals surface area contributed by atoms with Crippen LogP contribution in [0.25, 0.3) is 0 Å². The minimum atomic E-state index is -0.512. The van der Waals surface area contributed by atoms with Crippen LogP contribution in [0.1, 0.15) is 21.7 Å². The molecule has 0 bridgehead atoms. The summed E-state index contributed by atoms with van der Waals surface area (Å²) in [4.78, 5) is 3.86. The Bertz CT molecular complexity index is 626. The number of rotatable bonds is 4. The van der Waals surface area contributed by atoms with Gasteiger partial charge in [0.1, 0.15) is 0 Å². The van der Waals surface area contributed by atoms with Crippen LogP contribution < -0.4 is 4.90 Å². The quantitative estimate of drug-likeness (QED) is 0.840. The lowest BCUT2D eigenvalue weighted by molar-refractivity contribution is 0.402. The summed E-state index contributed by atoms with van der Waals surface area (Å²) in [7, 11) is 0.00960. The van der Waals surface area contributed by atoms with Crippen molar-refractivity contribution >= 4 is 11.4 Å². The van der Waals surface area contributed by atoms with Gasteiger partial charge in [0, 0.05) is 22.0 Å². The Hall–Kier alpha value is -1.80. The maximum Gasteiger partial charge on any atom is 0.0443 e. The molecule has 2 aromatic carbocycles. The lowest BCUT2D eigenvalue weighted by Gasteiger charge is -2.27. The number of anilines is 2. The van der Waals surface area contributed by atoms with Gasteiger partial charge >= 0.3 is 0 Å². The van der Waals surface area contributed by atoms with Crippen LogP contribution >= 0.6 is 0 Å². The first-order valence-corrected chi connectivity index (χ1v) is 7.42.